The normalized spacial score (nSPS) is 9.88. The van der Waals surface area contributed by atoms with Gasteiger partial charge in [0.1, 0.15) is 6.61 Å². The van der Waals surface area contributed by atoms with E-state index in [-0.39, 0.29) is 30.2 Å². The third-order valence-corrected chi connectivity index (χ3v) is 1.92. The van der Waals surface area contributed by atoms with Crippen molar-refractivity contribution in [2.75, 3.05) is 26.1 Å². The summed E-state index contributed by atoms with van der Waals surface area (Å²) in [5.41, 5.74) is 5.57. The largest absolute Gasteiger partial charge is 0.493 e. The Bertz CT molecular complexity index is 391. The molecule has 0 saturated heterocycles. The zero-order valence-electron chi connectivity index (χ0n) is 8.77. The fourth-order valence-corrected chi connectivity index (χ4v) is 1.19. The summed E-state index contributed by atoms with van der Waals surface area (Å²) in [6, 6.07) is 2.64. The summed E-state index contributed by atoms with van der Waals surface area (Å²) in [7, 11) is 1.42. The Morgan fingerprint density at radius 3 is 2.62 bits per heavy atom. The second-order valence-corrected chi connectivity index (χ2v) is 2.97. The lowest BCUT2D eigenvalue weighted by Crippen LogP contribution is -2.07. The zero-order chi connectivity index (χ0) is 12.1. The van der Waals surface area contributed by atoms with Crippen LogP contribution < -0.4 is 15.2 Å². The van der Waals surface area contributed by atoms with Gasteiger partial charge in [-0.1, -0.05) is 0 Å². The first-order valence-electron chi connectivity index (χ1n) is 4.54. The van der Waals surface area contributed by atoms with Gasteiger partial charge in [-0.3, -0.25) is 0 Å². The van der Waals surface area contributed by atoms with E-state index in [9.17, 15) is 4.79 Å². The van der Waals surface area contributed by atoms with Gasteiger partial charge in [0.15, 0.2) is 11.5 Å². The number of anilines is 1. The molecule has 0 saturated carbocycles. The van der Waals surface area contributed by atoms with Gasteiger partial charge >= 0.3 is 5.97 Å². The van der Waals surface area contributed by atoms with E-state index < -0.39 is 5.97 Å². The maximum Gasteiger partial charge on any atom is 0.337 e. The lowest BCUT2D eigenvalue weighted by molar-refractivity contribution is 0.0697. The van der Waals surface area contributed by atoms with Crippen molar-refractivity contribution in [2.24, 2.45) is 0 Å². The van der Waals surface area contributed by atoms with Crippen LogP contribution in [0.2, 0.25) is 0 Å². The minimum Gasteiger partial charge on any atom is -0.493 e. The van der Waals surface area contributed by atoms with Gasteiger partial charge in [-0.25, -0.2) is 4.79 Å². The minimum atomic E-state index is -1.14. The Hall–Kier alpha value is -1.95. The molecule has 0 radical (unpaired) electrons. The molecule has 0 bridgehead atoms. The summed E-state index contributed by atoms with van der Waals surface area (Å²) in [6.45, 7) is -0.116. The van der Waals surface area contributed by atoms with Gasteiger partial charge in [-0.15, -0.1) is 0 Å². The summed E-state index contributed by atoms with van der Waals surface area (Å²) >= 11 is 0. The number of methoxy groups -OCH3 is 1. The number of carbonyl (C=O) groups is 1. The van der Waals surface area contributed by atoms with Gasteiger partial charge in [-0.05, 0) is 0 Å². The van der Waals surface area contributed by atoms with Crippen molar-refractivity contribution < 1.29 is 24.5 Å². The zero-order valence-corrected chi connectivity index (χ0v) is 8.77. The van der Waals surface area contributed by atoms with Crippen LogP contribution in [0, 0.1) is 0 Å². The molecule has 0 amide bonds. The first-order valence-corrected chi connectivity index (χ1v) is 4.54. The molecule has 6 heteroatoms. The van der Waals surface area contributed by atoms with Crippen LogP contribution in [0.3, 0.4) is 0 Å². The van der Waals surface area contributed by atoms with E-state index in [1.807, 2.05) is 0 Å². The predicted molar refractivity (Wildman–Crippen MR) is 56.9 cm³/mol. The second-order valence-electron chi connectivity index (χ2n) is 2.97. The Morgan fingerprint density at radius 2 is 2.12 bits per heavy atom. The molecule has 16 heavy (non-hydrogen) atoms. The molecule has 0 atom stereocenters. The summed E-state index contributed by atoms with van der Waals surface area (Å²) in [5.74, 6) is -0.576. The van der Waals surface area contributed by atoms with Gasteiger partial charge in [-0.2, -0.15) is 0 Å². The lowest BCUT2D eigenvalue weighted by Gasteiger charge is -2.12. The molecule has 1 rings (SSSR count). The lowest BCUT2D eigenvalue weighted by atomic mass is 10.1. The number of rotatable bonds is 5. The summed E-state index contributed by atoms with van der Waals surface area (Å²) in [5, 5.41) is 17.5. The molecule has 88 valence electrons. The van der Waals surface area contributed by atoms with E-state index in [0.717, 1.165) is 0 Å². The maximum absolute atomic E-state index is 10.8. The topological polar surface area (TPSA) is 102 Å². The molecule has 0 aliphatic heterocycles. The number of carboxylic acid groups (broad SMARTS) is 1. The smallest absolute Gasteiger partial charge is 0.337 e. The molecule has 4 N–H and O–H groups in total. The van der Waals surface area contributed by atoms with E-state index in [4.69, 9.17) is 25.4 Å². The fourth-order valence-electron chi connectivity index (χ4n) is 1.19. The van der Waals surface area contributed by atoms with Crippen LogP contribution in [0.4, 0.5) is 5.69 Å². The highest BCUT2D eigenvalue weighted by atomic mass is 16.5. The van der Waals surface area contributed by atoms with Crippen LogP contribution in [0.1, 0.15) is 10.4 Å². The van der Waals surface area contributed by atoms with Crippen molar-refractivity contribution in [3.63, 3.8) is 0 Å². The van der Waals surface area contributed by atoms with Crippen molar-refractivity contribution in [3.8, 4) is 11.5 Å². The molecular weight excluding hydrogens is 214 g/mol. The first-order chi connectivity index (χ1) is 7.60. The highest BCUT2D eigenvalue weighted by Gasteiger charge is 2.14. The average Bonchev–Trinajstić information content (AvgIpc) is 2.26. The van der Waals surface area contributed by atoms with Crippen LogP contribution in [0.15, 0.2) is 12.1 Å². The van der Waals surface area contributed by atoms with E-state index in [0.29, 0.717) is 5.75 Å². The minimum absolute atomic E-state index is 0.0549. The number of aliphatic hydroxyl groups is 1. The molecule has 0 aliphatic carbocycles. The Kier molecular flexibility index (Phi) is 3.96. The molecule has 0 spiro atoms. The number of ether oxygens (including phenoxy) is 2. The quantitative estimate of drug-likeness (QED) is 0.627. The number of nitrogens with two attached hydrogens (primary N) is 1. The van der Waals surface area contributed by atoms with Gasteiger partial charge in [0, 0.05) is 12.1 Å². The molecular formula is C10H13NO5. The van der Waals surface area contributed by atoms with Crippen LogP contribution in [0.25, 0.3) is 0 Å². The molecule has 0 fully saturated rings. The predicted octanol–water partition coefficient (Wildman–Crippen LogP) is 0.347. The average molecular weight is 227 g/mol. The molecule has 6 nitrogen and oxygen atoms in total. The summed E-state index contributed by atoms with van der Waals surface area (Å²) < 4.78 is 10.1. The van der Waals surface area contributed by atoms with E-state index in [1.54, 1.807) is 0 Å². The molecule has 1 aromatic carbocycles. The second kappa shape index (κ2) is 5.22. The summed E-state index contributed by atoms with van der Waals surface area (Å²) in [4.78, 5) is 10.8. The Labute approximate surface area is 92.2 Å². The van der Waals surface area contributed by atoms with Gasteiger partial charge < -0.3 is 25.4 Å². The number of aliphatic hydroxyl groups excluding tert-OH is 1. The van der Waals surface area contributed by atoms with Gasteiger partial charge in [0.2, 0.25) is 0 Å². The fraction of sp³-hybridized carbons (Fsp3) is 0.300. The molecule has 1 aromatic rings. The van der Waals surface area contributed by atoms with Crippen molar-refractivity contribution >= 4 is 11.7 Å². The van der Waals surface area contributed by atoms with Gasteiger partial charge in [0.05, 0.1) is 25.0 Å². The Morgan fingerprint density at radius 1 is 1.44 bits per heavy atom. The summed E-state index contributed by atoms with van der Waals surface area (Å²) in [6.07, 6.45) is 0. The highest BCUT2D eigenvalue weighted by Crippen LogP contribution is 2.32. The number of aromatic carboxylic acids is 1. The van der Waals surface area contributed by atoms with Crippen LogP contribution in [0.5, 0.6) is 11.5 Å². The van der Waals surface area contributed by atoms with Crippen molar-refractivity contribution in [2.45, 2.75) is 0 Å². The van der Waals surface area contributed by atoms with E-state index in [2.05, 4.69) is 0 Å². The Balaban J connectivity index is 3.12. The van der Waals surface area contributed by atoms with Crippen LogP contribution in [-0.4, -0.2) is 36.5 Å². The highest BCUT2D eigenvalue weighted by molar-refractivity contribution is 5.94. The van der Waals surface area contributed by atoms with Crippen molar-refractivity contribution in [3.05, 3.63) is 17.7 Å². The van der Waals surface area contributed by atoms with Crippen molar-refractivity contribution in [1.82, 2.24) is 0 Å². The number of hydrogen-bond donors (Lipinski definition) is 3. The maximum atomic E-state index is 10.8. The van der Waals surface area contributed by atoms with Crippen LogP contribution in [-0.2, 0) is 0 Å². The molecule has 0 heterocycles. The standard InChI is InChI=1S/C10H13NO5/c1-15-8-5-7(11)6(10(13)14)4-9(8)16-3-2-12/h4-5,12H,2-3,11H2,1H3,(H,13,14). The number of hydrogen-bond acceptors (Lipinski definition) is 5. The van der Waals surface area contributed by atoms with Crippen molar-refractivity contribution in [1.29, 1.82) is 0 Å². The molecule has 0 aromatic heterocycles. The third-order valence-electron chi connectivity index (χ3n) is 1.92. The van der Waals surface area contributed by atoms with Crippen LogP contribution >= 0.6 is 0 Å². The SMILES string of the molecule is COc1cc(N)c(C(=O)O)cc1OCCO. The van der Waals surface area contributed by atoms with E-state index in [1.165, 1.54) is 19.2 Å². The number of carboxylic acids is 1. The molecule has 0 unspecified atom stereocenters. The first kappa shape index (κ1) is 12.1. The molecule has 0 aliphatic rings. The number of benzene rings is 1. The number of nitrogen functional groups attached to an aromatic ring is 1. The van der Waals surface area contributed by atoms with E-state index >= 15 is 0 Å². The third kappa shape index (κ3) is 2.54. The van der Waals surface area contributed by atoms with Gasteiger partial charge in [0.25, 0.3) is 0 Å². The monoisotopic (exact) mass is 227 g/mol.